The van der Waals surface area contributed by atoms with E-state index in [-0.39, 0.29) is 11.8 Å². The van der Waals surface area contributed by atoms with Crippen LogP contribution in [0.15, 0.2) is 6.20 Å². The minimum atomic E-state index is -0.801. The third-order valence-electron chi connectivity index (χ3n) is 2.91. The highest BCUT2D eigenvalue weighted by Gasteiger charge is 2.35. The second-order valence-electron chi connectivity index (χ2n) is 4.10. The number of nitrogens with zero attached hydrogens (tertiary/aromatic N) is 1. The predicted octanol–water partition coefficient (Wildman–Crippen LogP) is 2.21. The van der Waals surface area contributed by atoms with E-state index in [1.54, 1.807) is 11.3 Å². The lowest BCUT2D eigenvalue weighted by molar-refractivity contribution is -0.136. The van der Waals surface area contributed by atoms with Crippen molar-refractivity contribution >= 4 is 17.3 Å². The van der Waals surface area contributed by atoms with Crippen molar-refractivity contribution in [3.63, 3.8) is 0 Å². The molecule has 1 aliphatic rings. The molecule has 0 unspecified atom stereocenters. The zero-order valence-corrected chi connectivity index (χ0v) is 8.93. The van der Waals surface area contributed by atoms with E-state index in [2.05, 4.69) is 11.9 Å². The van der Waals surface area contributed by atoms with E-state index < -0.39 is 5.97 Å². The van der Waals surface area contributed by atoms with Gasteiger partial charge >= 0.3 is 5.97 Å². The summed E-state index contributed by atoms with van der Waals surface area (Å²) in [5.41, 5.74) is 0.286. The maximum Gasteiger partial charge on any atom is 0.310 e. The van der Waals surface area contributed by atoms with Gasteiger partial charge in [0.05, 0.1) is 6.42 Å². The van der Waals surface area contributed by atoms with Gasteiger partial charge in [0.1, 0.15) is 5.01 Å². The van der Waals surface area contributed by atoms with Crippen molar-refractivity contribution in [2.45, 2.75) is 38.0 Å². The molecule has 1 aliphatic carbocycles. The Balaban J connectivity index is 2.13. The van der Waals surface area contributed by atoms with Gasteiger partial charge in [0.25, 0.3) is 0 Å². The number of carbonyl (C=O) groups is 1. The van der Waals surface area contributed by atoms with Gasteiger partial charge in [0, 0.05) is 16.5 Å². The molecule has 1 fully saturated rings. The van der Waals surface area contributed by atoms with Gasteiger partial charge in [-0.25, -0.2) is 4.98 Å². The number of carboxylic acids is 1. The Labute approximate surface area is 86.8 Å². The Morgan fingerprint density at radius 1 is 1.71 bits per heavy atom. The van der Waals surface area contributed by atoms with E-state index >= 15 is 0 Å². The van der Waals surface area contributed by atoms with Crippen LogP contribution in [0.3, 0.4) is 0 Å². The summed E-state index contributed by atoms with van der Waals surface area (Å²) in [6.45, 7) is 2.23. The normalized spacial score (nSPS) is 18.9. The van der Waals surface area contributed by atoms with Crippen LogP contribution in [-0.2, 0) is 16.6 Å². The zero-order chi connectivity index (χ0) is 10.2. The molecule has 0 spiro atoms. The van der Waals surface area contributed by atoms with Crippen LogP contribution >= 0.6 is 11.3 Å². The second-order valence-corrected chi connectivity index (χ2v) is 5.22. The van der Waals surface area contributed by atoms with E-state index in [0.717, 1.165) is 5.01 Å². The molecule has 0 saturated heterocycles. The van der Waals surface area contributed by atoms with Crippen LogP contribution in [0.25, 0.3) is 0 Å². The first-order valence-corrected chi connectivity index (χ1v) is 5.59. The van der Waals surface area contributed by atoms with Gasteiger partial charge in [0.2, 0.25) is 0 Å². The zero-order valence-electron chi connectivity index (χ0n) is 8.12. The molecule has 1 N–H and O–H groups in total. The maximum atomic E-state index is 10.5. The molecule has 0 atom stereocenters. The molecule has 14 heavy (non-hydrogen) atoms. The highest BCUT2D eigenvalue weighted by atomic mass is 32.1. The van der Waals surface area contributed by atoms with E-state index in [1.165, 1.54) is 24.1 Å². The van der Waals surface area contributed by atoms with Crippen molar-refractivity contribution in [3.05, 3.63) is 16.1 Å². The molecule has 2 rings (SSSR count). The van der Waals surface area contributed by atoms with E-state index in [1.807, 2.05) is 6.20 Å². The first kappa shape index (κ1) is 9.65. The lowest BCUT2D eigenvalue weighted by atomic mass is 9.70. The van der Waals surface area contributed by atoms with Crippen LogP contribution in [0.5, 0.6) is 0 Å². The maximum absolute atomic E-state index is 10.5. The smallest absolute Gasteiger partial charge is 0.310 e. The average molecular weight is 211 g/mol. The topological polar surface area (TPSA) is 50.2 Å². The first-order valence-electron chi connectivity index (χ1n) is 4.77. The third kappa shape index (κ3) is 1.66. The molecule has 0 bridgehead atoms. The van der Waals surface area contributed by atoms with E-state index in [9.17, 15) is 4.79 Å². The Hall–Kier alpha value is -0.900. The summed E-state index contributed by atoms with van der Waals surface area (Å²) >= 11 is 1.55. The van der Waals surface area contributed by atoms with Gasteiger partial charge < -0.3 is 5.11 Å². The fourth-order valence-corrected chi connectivity index (χ4v) is 2.86. The largest absolute Gasteiger partial charge is 0.481 e. The fraction of sp³-hybridized carbons (Fsp3) is 0.600. The van der Waals surface area contributed by atoms with Crippen LogP contribution in [-0.4, -0.2) is 16.1 Å². The average Bonchev–Trinajstić information content (AvgIpc) is 2.47. The molecule has 1 saturated carbocycles. The number of rotatable bonds is 3. The number of hydrogen-bond donors (Lipinski definition) is 1. The van der Waals surface area contributed by atoms with Gasteiger partial charge in [-0.3, -0.25) is 4.79 Å². The summed E-state index contributed by atoms with van der Waals surface area (Å²) in [5.74, 6) is -0.801. The number of carboxylic acid groups (broad SMARTS) is 1. The summed E-state index contributed by atoms with van der Waals surface area (Å²) in [7, 11) is 0. The number of aliphatic carboxylic acids is 1. The van der Waals surface area contributed by atoms with Crippen molar-refractivity contribution in [1.29, 1.82) is 0 Å². The van der Waals surface area contributed by atoms with E-state index in [0.29, 0.717) is 0 Å². The van der Waals surface area contributed by atoms with Crippen molar-refractivity contribution in [2.75, 3.05) is 0 Å². The Morgan fingerprint density at radius 2 is 2.43 bits per heavy atom. The highest BCUT2D eigenvalue weighted by Crippen LogP contribution is 2.45. The van der Waals surface area contributed by atoms with Crippen molar-refractivity contribution in [3.8, 4) is 0 Å². The molecule has 0 aromatic carbocycles. The van der Waals surface area contributed by atoms with Gasteiger partial charge in [-0.05, 0) is 12.8 Å². The summed E-state index contributed by atoms with van der Waals surface area (Å²) < 4.78 is 0. The molecule has 0 aliphatic heterocycles. The minimum absolute atomic E-state index is 0.0563. The lowest BCUT2D eigenvalue weighted by Crippen LogP contribution is -2.29. The van der Waals surface area contributed by atoms with Gasteiger partial charge in [-0.1, -0.05) is 13.3 Å². The molecular formula is C10H13NO2S. The Kier molecular flexibility index (Phi) is 2.31. The molecule has 0 radical (unpaired) electrons. The molecule has 76 valence electrons. The SMILES string of the molecule is CC1(c2cnc(CC(=O)O)s2)CCC1. The van der Waals surface area contributed by atoms with Gasteiger partial charge in [0.15, 0.2) is 0 Å². The molecular weight excluding hydrogens is 198 g/mol. The molecule has 1 aromatic heterocycles. The molecule has 3 nitrogen and oxygen atoms in total. The minimum Gasteiger partial charge on any atom is -0.481 e. The summed E-state index contributed by atoms with van der Waals surface area (Å²) in [4.78, 5) is 15.9. The standard InChI is InChI=1S/C10H13NO2S/c1-10(3-2-4-10)7-6-11-8(14-7)5-9(12)13/h6H,2-5H2,1H3,(H,12,13). The third-order valence-corrected chi connectivity index (χ3v) is 4.21. The molecule has 0 amide bonds. The van der Waals surface area contributed by atoms with Crippen molar-refractivity contribution in [1.82, 2.24) is 4.98 Å². The van der Waals surface area contributed by atoms with Crippen LogP contribution in [0.4, 0.5) is 0 Å². The summed E-state index contributed by atoms with van der Waals surface area (Å²) in [6, 6.07) is 0. The quantitative estimate of drug-likeness (QED) is 0.834. The van der Waals surface area contributed by atoms with Crippen LogP contribution in [0, 0.1) is 0 Å². The number of hydrogen-bond acceptors (Lipinski definition) is 3. The Bertz CT molecular complexity index is 355. The number of thiazole rings is 1. The highest BCUT2D eigenvalue weighted by molar-refractivity contribution is 7.11. The van der Waals surface area contributed by atoms with E-state index in [4.69, 9.17) is 5.11 Å². The molecule has 4 heteroatoms. The first-order chi connectivity index (χ1) is 6.60. The summed E-state index contributed by atoms with van der Waals surface area (Å²) in [5, 5.41) is 9.34. The second kappa shape index (κ2) is 3.35. The fourth-order valence-electron chi connectivity index (χ4n) is 1.75. The van der Waals surface area contributed by atoms with Crippen LogP contribution in [0.2, 0.25) is 0 Å². The predicted molar refractivity (Wildman–Crippen MR) is 54.7 cm³/mol. The molecule has 1 heterocycles. The van der Waals surface area contributed by atoms with Crippen LogP contribution in [0.1, 0.15) is 36.1 Å². The summed E-state index contributed by atoms with van der Waals surface area (Å²) in [6.07, 6.45) is 5.61. The Morgan fingerprint density at radius 3 is 2.93 bits per heavy atom. The number of aromatic nitrogens is 1. The van der Waals surface area contributed by atoms with Gasteiger partial charge in [-0.2, -0.15) is 0 Å². The monoisotopic (exact) mass is 211 g/mol. The van der Waals surface area contributed by atoms with Crippen molar-refractivity contribution in [2.24, 2.45) is 0 Å². The lowest BCUT2D eigenvalue weighted by Gasteiger charge is -2.37. The van der Waals surface area contributed by atoms with Crippen LogP contribution < -0.4 is 0 Å². The molecule has 1 aromatic rings. The van der Waals surface area contributed by atoms with Crippen molar-refractivity contribution < 1.29 is 9.90 Å². The van der Waals surface area contributed by atoms with Gasteiger partial charge in [-0.15, -0.1) is 11.3 Å².